The van der Waals surface area contributed by atoms with Crippen LogP contribution in [0.25, 0.3) is 0 Å². The van der Waals surface area contributed by atoms with Gasteiger partial charge in [-0.3, -0.25) is 0 Å². The summed E-state index contributed by atoms with van der Waals surface area (Å²) in [7, 11) is 0. The van der Waals surface area contributed by atoms with Crippen molar-refractivity contribution in [1.82, 2.24) is 0 Å². The zero-order valence-corrected chi connectivity index (χ0v) is 11.1. The van der Waals surface area contributed by atoms with Crippen LogP contribution in [0.15, 0.2) is 65.8 Å². The van der Waals surface area contributed by atoms with Crippen LogP contribution < -0.4 is 4.74 Å². The summed E-state index contributed by atoms with van der Waals surface area (Å²) in [6.07, 6.45) is 0. The van der Waals surface area contributed by atoms with Gasteiger partial charge in [0.1, 0.15) is 17.1 Å². The maximum atomic E-state index is 9.30. The maximum absolute atomic E-state index is 9.30. The Labute approximate surface area is 113 Å². The Morgan fingerprint density at radius 1 is 0.947 bits per heavy atom. The molecule has 19 heavy (non-hydrogen) atoms. The molecule has 1 N–H and O–H groups in total. The van der Waals surface area contributed by atoms with E-state index in [-0.39, 0.29) is 0 Å². The second-order valence-electron chi connectivity index (χ2n) is 4.74. The van der Waals surface area contributed by atoms with Crippen LogP contribution in [0.2, 0.25) is 0 Å². The Balaban J connectivity index is 2.27. The molecule has 0 amide bonds. The van der Waals surface area contributed by atoms with E-state index in [1.54, 1.807) is 0 Å². The Bertz CT molecular complexity index is 547. The summed E-state index contributed by atoms with van der Waals surface area (Å²) < 4.78 is 5.92. The molecular formula is C16H17NO2. The topological polar surface area (TPSA) is 41.8 Å². The SMILES string of the molecule is CC(C)(Oc1ccccc1)/C(=N/O)c1ccccc1. The van der Waals surface area contributed by atoms with Gasteiger partial charge in [0.25, 0.3) is 0 Å². The first kappa shape index (κ1) is 13.1. The smallest absolute Gasteiger partial charge is 0.149 e. The van der Waals surface area contributed by atoms with Crippen molar-refractivity contribution in [3.8, 4) is 5.75 Å². The molecule has 2 aromatic carbocycles. The third kappa shape index (κ3) is 3.13. The van der Waals surface area contributed by atoms with Crippen LogP contribution in [-0.4, -0.2) is 16.5 Å². The molecule has 0 spiro atoms. The van der Waals surface area contributed by atoms with Crippen LogP contribution in [0.3, 0.4) is 0 Å². The molecule has 2 aromatic rings. The molecule has 0 saturated carbocycles. The van der Waals surface area contributed by atoms with Crippen molar-refractivity contribution in [1.29, 1.82) is 0 Å². The van der Waals surface area contributed by atoms with Crippen LogP contribution in [0.5, 0.6) is 5.75 Å². The highest BCUT2D eigenvalue weighted by Gasteiger charge is 2.29. The predicted octanol–water partition coefficient (Wildman–Crippen LogP) is 3.72. The number of hydrogen-bond donors (Lipinski definition) is 1. The maximum Gasteiger partial charge on any atom is 0.149 e. The van der Waals surface area contributed by atoms with Gasteiger partial charge in [0.15, 0.2) is 0 Å². The Hall–Kier alpha value is -2.29. The van der Waals surface area contributed by atoms with Gasteiger partial charge in [0.05, 0.1) is 0 Å². The third-order valence-electron chi connectivity index (χ3n) is 2.83. The number of nitrogens with zero attached hydrogens (tertiary/aromatic N) is 1. The summed E-state index contributed by atoms with van der Waals surface area (Å²) in [5.41, 5.74) is 0.611. The van der Waals surface area contributed by atoms with E-state index in [9.17, 15) is 5.21 Å². The molecule has 0 aromatic heterocycles. The fourth-order valence-electron chi connectivity index (χ4n) is 1.95. The molecule has 98 valence electrons. The van der Waals surface area contributed by atoms with E-state index in [0.29, 0.717) is 5.71 Å². The van der Waals surface area contributed by atoms with Crippen molar-refractivity contribution in [2.24, 2.45) is 5.16 Å². The molecule has 0 fully saturated rings. The van der Waals surface area contributed by atoms with Crippen molar-refractivity contribution in [2.75, 3.05) is 0 Å². The molecule has 0 aliphatic heterocycles. The highest BCUT2D eigenvalue weighted by molar-refractivity contribution is 6.06. The summed E-state index contributed by atoms with van der Waals surface area (Å²) in [4.78, 5) is 0. The van der Waals surface area contributed by atoms with Crippen molar-refractivity contribution >= 4 is 5.71 Å². The third-order valence-corrected chi connectivity index (χ3v) is 2.83. The molecule has 0 saturated heterocycles. The van der Waals surface area contributed by atoms with E-state index in [0.717, 1.165) is 11.3 Å². The van der Waals surface area contributed by atoms with Crippen LogP contribution in [0.4, 0.5) is 0 Å². The summed E-state index contributed by atoms with van der Waals surface area (Å²) in [5, 5.41) is 12.7. The average Bonchev–Trinajstić information content (AvgIpc) is 2.41. The average molecular weight is 255 g/mol. The van der Waals surface area contributed by atoms with E-state index in [2.05, 4.69) is 5.16 Å². The van der Waals surface area contributed by atoms with Crippen molar-refractivity contribution < 1.29 is 9.94 Å². The van der Waals surface area contributed by atoms with Crippen LogP contribution in [0.1, 0.15) is 19.4 Å². The van der Waals surface area contributed by atoms with Gasteiger partial charge in [0.2, 0.25) is 0 Å². The minimum atomic E-state index is -0.725. The van der Waals surface area contributed by atoms with E-state index in [4.69, 9.17) is 4.74 Å². The first-order chi connectivity index (χ1) is 9.13. The van der Waals surface area contributed by atoms with Gasteiger partial charge in [-0.15, -0.1) is 0 Å². The van der Waals surface area contributed by atoms with Gasteiger partial charge in [-0.05, 0) is 26.0 Å². The highest BCUT2D eigenvalue weighted by Crippen LogP contribution is 2.22. The summed E-state index contributed by atoms with van der Waals surface area (Å²) in [5.74, 6) is 0.740. The minimum Gasteiger partial charge on any atom is -0.481 e. The summed E-state index contributed by atoms with van der Waals surface area (Å²) in [6, 6.07) is 19.0. The largest absolute Gasteiger partial charge is 0.481 e. The standard InChI is InChI=1S/C16H17NO2/c1-16(2,19-14-11-7-4-8-12-14)15(17-18)13-9-5-3-6-10-13/h3-12,18H,1-2H3/b17-15+. The summed E-state index contributed by atoms with van der Waals surface area (Å²) in [6.45, 7) is 3.75. The Morgan fingerprint density at radius 2 is 1.47 bits per heavy atom. The molecule has 0 aliphatic rings. The molecule has 3 nitrogen and oxygen atoms in total. The molecule has 0 radical (unpaired) electrons. The monoisotopic (exact) mass is 255 g/mol. The fourth-order valence-corrected chi connectivity index (χ4v) is 1.95. The second kappa shape index (κ2) is 5.57. The lowest BCUT2D eigenvalue weighted by molar-refractivity contribution is 0.176. The number of ether oxygens (including phenoxy) is 1. The molecular weight excluding hydrogens is 238 g/mol. The normalized spacial score (nSPS) is 12.2. The lowest BCUT2D eigenvalue weighted by Gasteiger charge is -2.27. The van der Waals surface area contributed by atoms with Gasteiger partial charge in [-0.2, -0.15) is 0 Å². The van der Waals surface area contributed by atoms with E-state index >= 15 is 0 Å². The van der Waals surface area contributed by atoms with E-state index in [1.165, 1.54) is 0 Å². The van der Waals surface area contributed by atoms with Gasteiger partial charge in [-0.1, -0.05) is 53.7 Å². The quantitative estimate of drug-likeness (QED) is 0.514. The van der Waals surface area contributed by atoms with Gasteiger partial charge < -0.3 is 9.94 Å². The minimum absolute atomic E-state index is 0.497. The van der Waals surface area contributed by atoms with Crippen molar-refractivity contribution in [3.05, 3.63) is 66.2 Å². The van der Waals surface area contributed by atoms with Crippen molar-refractivity contribution in [3.63, 3.8) is 0 Å². The molecule has 3 heteroatoms. The molecule has 0 atom stereocenters. The van der Waals surface area contributed by atoms with Gasteiger partial charge in [0, 0.05) is 5.56 Å². The Morgan fingerprint density at radius 3 is 2.00 bits per heavy atom. The molecule has 0 aliphatic carbocycles. The fraction of sp³-hybridized carbons (Fsp3) is 0.188. The zero-order chi connectivity index (χ0) is 13.7. The first-order valence-corrected chi connectivity index (χ1v) is 6.15. The second-order valence-corrected chi connectivity index (χ2v) is 4.74. The summed E-state index contributed by atoms with van der Waals surface area (Å²) >= 11 is 0. The number of para-hydroxylation sites is 1. The van der Waals surface area contributed by atoms with E-state index < -0.39 is 5.60 Å². The molecule has 0 heterocycles. The molecule has 0 bridgehead atoms. The van der Waals surface area contributed by atoms with Gasteiger partial charge in [-0.25, -0.2) is 0 Å². The number of benzene rings is 2. The van der Waals surface area contributed by atoms with Gasteiger partial charge >= 0.3 is 0 Å². The van der Waals surface area contributed by atoms with Crippen LogP contribution in [0, 0.1) is 0 Å². The van der Waals surface area contributed by atoms with Crippen LogP contribution in [-0.2, 0) is 0 Å². The zero-order valence-electron chi connectivity index (χ0n) is 11.1. The lowest BCUT2D eigenvalue weighted by atomic mass is 9.95. The highest BCUT2D eigenvalue weighted by atomic mass is 16.5. The number of rotatable bonds is 4. The first-order valence-electron chi connectivity index (χ1n) is 6.15. The molecule has 0 unspecified atom stereocenters. The van der Waals surface area contributed by atoms with E-state index in [1.807, 2.05) is 74.5 Å². The lowest BCUT2D eigenvalue weighted by Crippen LogP contribution is -2.39. The number of hydrogen-bond acceptors (Lipinski definition) is 3. The van der Waals surface area contributed by atoms with Crippen LogP contribution >= 0.6 is 0 Å². The predicted molar refractivity (Wildman–Crippen MR) is 75.9 cm³/mol. The molecule has 2 rings (SSSR count). The number of oxime groups is 1. The van der Waals surface area contributed by atoms with Crippen molar-refractivity contribution in [2.45, 2.75) is 19.4 Å². The Kier molecular flexibility index (Phi) is 3.85.